The molecule has 1 aromatic carbocycles. The molecule has 0 aliphatic rings. The van der Waals surface area contributed by atoms with Gasteiger partial charge in [-0.05, 0) is 31.5 Å². The lowest BCUT2D eigenvalue weighted by atomic mass is 10.1. The second-order valence-electron chi connectivity index (χ2n) is 5.94. The molecule has 0 unspecified atom stereocenters. The van der Waals surface area contributed by atoms with Gasteiger partial charge in [-0.2, -0.15) is 0 Å². The van der Waals surface area contributed by atoms with E-state index < -0.39 is 0 Å². The molecule has 0 fully saturated rings. The van der Waals surface area contributed by atoms with Crippen molar-refractivity contribution in [2.45, 2.75) is 46.0 Å². The highest BCUT2D eigenvalue weighted by Gasteiger charge is 2.09. The number of H-pyrrole nitrogens is 1. The number of rotatable bonds is 6. The van der Waals surface area contributed by atoms with Crippen molar-refractivity contribution >= 4 is 27.8 Å². The molecular formula is C19H22N2O2. The molecule has 0 saturated carbocycles. The van der Waals surface area contributed by atoms with Crippen LogP contribution in [0.3, 0.4) is 0 Å². The SMILES string of the molecule is CCCCCCC(=O)Oc1ccc2c(c1)[nH]c1c(C)nccc12. The minimum absolute atomic E-state index is 0.158. The van der Waals surface area contributed by atoms with E-state index in [-0.39, 0.29) is 5.97 Å². The zero-order chi connectivity index (χ0) is 16.2. The van der Waals surface area contributed by atoms with Crippen LogP contribution < -0.4 is 4.74 Å². The molecule has 3 aromatic rings. The van der Waals surface area contributed by atoms with Crippen LogP contribution in [0, 0.1) is 6.92 Å². The van der Waals surface area contributed by atoms with Crippen LogP contribution in [0.2, 0.25) is 0 Å². The fraction of sp³-hybridized carbons (Fsp3) is 0.368. The fourth-order valence-electron chi connectivity index (χ4n) is 2.89. The van der Waals surface area contributed by atoms with Crippen LogP contribution in [0.5, 0.6) is 5.75 Å². The molecule has 3 rings (SSSR count). The van der Waals surface area contributed by atoms with Crippen LogP contribution in [0.1, 0.15) is 44.7 Å². The Labute approximate surface area is 135 Å². The molecule has 4 nitrogen and oxygen atoms in total. The van der Waals surface area contributed by atoms with E-state index in [1.165, 1.54) is 12.8 Å². The largest absolute Gasteiger partial charge is 0.426 e. The first-order valence-electron chi connectivity index (χ1n) is 8.26. The summed E-state index contributed by atoms with van der Waals surface area (Å²) in [6, 6.07) is 7.74. The molecule has 0 aliphatic carbocycles. The number of fused-ring (bicyclic) bond motifs is 3. The Morgan fingerprint density at radius 1 is 1.17 bits per heavy atom. The van der Waals surface area contributed by atoms with Gasteiger partial charge in [-0.3, -0.25) is 9.78 Å². The number of unbranched alkanes of at least 4 members (excludes halogenated alkanes) is 3. The van der Waals surface area contributed by atoms with E-state index in [0.29, 0.717) is 12.2 Å². The van der Waals surface area contributed by atoms with Gasteiger partial charge in [-0.15, -0.1) is 0 Å². The highest BCUT2D eigenvalue weighted by Crippen LogP contribution is 2.29. The number of ether oxygens (including phenoxy) is 1. The molecule has 120 valence electrons. The summed E-state index contributed by atoms with van der Waals surface area (Å²) in [5.41, 5.74) is 2.96. The highest BCUT2D eigenvalue weighted by molar-refractivity contribution is 6.08. The van der Waals surface area contributed by atoms with Gasteiger partial charge in [0.25, 0.3) is 0 Å². The maximum atomic E-state index is 11.9. The number of nitrogens with zero attached hydrogens (tertiary/aromatic N) is 1. The number of nitrogens with one attached hydrogen (secondary N) is 1. The lowest BCUT2D eigenvalue weighted by molar-refractivity contribution is -0.134. The summed E-state index contributed by atoms with van der Waals surface area (Å²) in [6.45, 7) is 4.14. The Morgan fingerprint density at radius 2 is 2.04 bits per heavy atom. The van der Waals surface area contributed by atoms with Crippen molar-refractivity contribution in [3.05, 3.63) is 36.2 Å². The molecule has 1 N–H and O–H groups in total. The molecular weight excluding hydrogens is 288 g/mol. The van der Waals surface area contributed by atoms with Crippen LogP contribution in [0.15, 0.2) is 30.5 Å². The summed E-state index contributed by atoms with van der Waals surface area (Å²) < 4.78 is 5.45. The van der Waals surface area contributed by atoms with E-state index in [4.69, 9.17) is 4.74 Å². The van der Waals surface area contributed by atoms with Gasteiger partial charge in [0.05, 0.1) is 16.7 Å². The van der Waals surface area contributed by atoms with Gasteiger partial charge in [0.2, 0.25) is 0 Å². The minimum Gasteiger partial charge on any atom is -0.426 e. The lowest BCUT2D eigenvalue weighted by Gasteiger charge is -2.04. The van der Waals surface area contributed by atoms with Gasteiger partial charge >= 0.3 is 5.97 Å². The Bertz CT molecular complexity index is 836. The Kier molecular flexibility index (Phi) is 4.60. The van der Waals surface area contributed by atoms with Gasteiger partial charge in [-0.1, -0.05) is 26.2 Å². The zero-order valence-electron chi connectivity index (χ0n) is 13.7. The van der Waals surface area contributed by atoms with Crippen molar-refractivity contribution in [1.29, 1.82) is 0 Å². The van der Waals surface area contributed by atoms with E-state index in [1.54, 1.807) is 0 Å². The van der Waals surface area contributed by atoms with E-state index in [2.05, 4.69) is 16.9 Å². The maximum Gasteiger partial charge on any atom is 0.311 e. The minimum atomic E-state index is -0.158. The van der Waals surface area contributed by atoms with Crippen molar-refractivity contribution in [2.24, 2.45) is 0 Å². The van der Waals surface area contributed by atoms with Gasteiger partial charge in [0.1, 0.15) is 5.75 Å². The first kappa shape index (κ1) is 15.5. The van der Waals surface area contributed by atoms with Gasteiger partial charge in [0, 0.05) is 29.5 Å². The Balaban J connectivity index is 1.76. The summed E-state index contributed by atoms with van der Waals surface area (Å²) in [4.78, 5) is 19.6. The average Bonchev–Trinajstić information content (AvgIpc) is 2.91. The molecule has 23 heavy (non-hydrogen) atoms. The monoisotopic (exact) mass is 310 g/mol. The first-order chi connectivity index (χ1) is 11.2. The number of pyridine rings is 1. The average molecular weight is 310 g/mol. The summed E-state index contributed by atoms with van der Waals surface area (Å²) in [6.07, 6.45) is 6.61. The van der Waals surface area contributed by atoms with Crippen molar-refractivity contribution in [2.75, 3.05) is 0 Å². The van der Waals surface area contributed by atoms with Crippen LogP contribution in [0.4, 0.5) is 0 Å². The third-order valence-electron chi connectivity index (χ3n) is 4.15. The van der Waals surface area contributed by atoms with Crippen LogP contribution in [-0.2, 0) is 4.79 Å². The summed E-state index contributed by atoms with van der Waals surface area (Å²) in [5.74, 6) is 0.435. The van der Waals surface area contributed by atoms with Crippen molar-refractivity contribution in [3.8, 4) is 5.75 Å². The standard InChI is InChI=1S/C19H22N2O2/c1-3-4-5-6-7-18(22)23-14-8-9-15-16-10-11-20-13(2)19(16)21-17(15)12-14/h8-12,21H,3-7H2,1-2H3. The maximum absolute atomic E-state index is 11.9. The fourth-order valence-corrected chi connectivity index (χ4v) is 2.89. The molecule has 0 saturated heterocycles. The van der Waals surface area contributed by atoms with Gasteiger partial charge in [0.15, 0.2) is 0 Å². The topological polar surface area (TPSA) is 55.0 Å². The number of esters is 1. The van der Waals surface area contributed by atoms with Gasteiger partial charge in [-0.25, -0.2) is 0 Å². The molecule has 0 bridgehead atoms. The quantitative estimate of drug-likeness (QED) is 0.400. The zero-order valence-corrected chi connectivity index (χ0v) is 13.7. The second-order valence-corrected chi connectivity index (χ2v) is 5.94. The van der Waals surface area contributed by atoms with Crippen LogP contribution >= 0.6 is 0 Å². The summed E-state index contributed by atoms with van der Waals surface area (Å²) in [7, 11) is 0. The number of carbonyl (C=O) groups excluding carboxylic acids is 1. The van der Waals surface area contributed by atoms with Crippen LogP contribution in [0.25, 0.3) is 21.8 Å². The molecule has 0 radical (unpaired) electrons. The van der Waals surface area contributed by atoms with Crippen molar-refractivity contribution in [1.82, 2.24) is 9.97 Å². The van der Waals surface area contributed by atoms with E-state index >= 15 is 0 Å². The predicted octanol–water partition coefficient (Wildman–Crippen LogP) is 4.90. The molecule has 0 spiro atoms. The molecule has 4 heteroatoms. The van der Waals surface area contributed by atoms with Crippen molar-refractivity contribution < 1.29 is 9.53 Å². The number of aryl methyl sites for hydroxylation is 1. The number of hydrogen-bond acceptors (Lipinski definition) is 3. The van der Waals surface area contributed by atoms with E-state index in [0.717, 1.165) is 40.3 Å². The molecule has 0 aliphatic heterocycles. The molecule has 0 amide bonds. The highest BCUT2D eigenvalue weighted by atomic mass is 16.5. The van der Waals surface area contributed by atoms with Gasteiger partial charge < -0.3 is 9.72 Å². The summed E-state index contributed by atoms with van der Waals surface area (Å²) in [5, 5.41) is 2.26. The number of aromatic amines is 1. The van der Waals surface area contributed by atoms with E-state index in [9.17, 15) is 4.79 Å². The molecule has 2 heterocycles. The Hall–Kier alpha value is -2.36. The molecule has 2 aromatic heterocycles. The number of aromatic nitrogens is 2. The number of hydrogen-bond donors (Lipinski definition) is 1. The second kappa shape index (κ2) is 6.82. The smallest absolute Gasteiger partial charge is 0.311 e. The van der Waals surface area contributed by atoms with E-state index in [1.807, 2.05) is 37.4 Å². The number of carbonyl (C=O) groups is 1. The van der Waals surface area contributed by atoms with Crippen molar-refractivity contribution in [3.63, 3.8) is 0 Å². The first-order valence-corrected chi connectivity index (χ1v) is 8.26. The summed E-state index contributed by atoms with van der Waals surface area (Å²) >= 11 is 0. The third kappa shape index (κ3) is 3.36. The Morgan fingerprint density at radius 3 is 2.87 bits per heavy atom. The molecule has 0 atom stereocenters. The normalized spacial score (nSPS) is 11.2. The van der Waals surface area contributed by atoms with Crippen LogP contribution in [-0.4, -0.2) is 15.9 Å². The predicted molar refractivity (Wildman–Crippen MR) is 92.7 cm³/mol. The lowest BCUT2D eigenvalue weighted by Crippen LogP contribution is -2.07. The number of benzene rings is 1. The third-order valence-corrected chi connectivity index (χ3v) is 4.15.